The van der Waals surface area contributed by atoms with E-state index in [1.165, 1.54) is 18.2 Å². The number of aliphatic carboxylic acids is 1. The van der Waals surface area contributed by atoms with E-state index in [1.807, 2.05) is 0 Å². The normalized spacial score (nSPS) is 12.5. The molecule has 1 atom stereocenters. The van der Waals surface area contributed by atoms with Crippen LogP contribution in [0.25, 0.3) is 21.9 Å². The zero-order valence-corrected chi connectivity index (χ0v) is 21.3. The fraction of sp³-hybridized carbons (Fsp3) is 0.207. The molecule has 0 aliphatic heterocycles. The molecule has 3 aromatic carbocycles. The molecule has 2 aromatic heterocycles. The lowest BCUT2D eigenvalue weighted by Gasteiger charge is -2.11. The van der Waals surface area contributed by atoms with E-state index in [-0.39, 0.29) is 31.8 Å². The third-order valence-corrected chi connectivity index (χ3v) is 6.52. The molecule has 5 aromatic rings. The standard InChI is InChI=1S/C29H22F3N3O6/c30-29(31,32)20-5-3-4-17(12-20)16-40-21-8-9-25-19(13-21)15-26(41-25)24(36)14-18(28(38)39)10-11-35-27(37)22-6-1-2-7-23(22)33-34-35/h1-9,12-13,15,18H,10-11,14,16H2,(H,38,39). The van der Waals surface area contributed by atoms with Gasteiger partial charge in [-0.3, -0.25) is 14.4 Å². The van der Waals surface area contributed by atoms with Crippen LogP contribution in [-0.4, -0.2) is 31.9 Å². The Morgan fingerprint density at radius 2 is 1.83 bits per heavy atom. The van der Waals surface area contributed by atoms with Crippen LogP contribution in [0.3, 0.4) is 0 Å². The van der Waals surface area contributed by atoms with Gasteiger partial charge in [-0.1, -0.05) is 29.5 Å². The van der Waals surface area contributed by atoms with Gasteiger partial charge < -0.3 is 14.3 Å². The van der Waals surface area contributed by atoms with Gasteiger partial charge >= 0.3 is 12.1 Å². The summed E-state index contributed by atoms with van der Waals surface area (Å²) in [4.78, 5) is 37.4. The average Bonchev–Trinajstić information content (AvgIpc) is 3.38. The number of fused-ring (bicyclic) bond motifs is 2. The smallest absolute Gasteiger partial charge is 0.416 e. The molecule has 0 spiro atoms. The lowest BCUT2D eigenvalue weighted by atomic mass is 9.98. The number of carbonyl (C=O) groups excluding carboxylic acids is 1. The predicted molar refractivity (Wildman–Crippen MR) is 140 cm³/mol. The summed E-state index contributed by atoms with van der Waals surface area (Å²) in [5, 5.41) is 18.4. The van der Waals surface area contributed by atoms with Gasteiger partial charge in [0.05, 0.1) is 16.9 Å². The molecule has 0 radical (unpaired) electrons. The molecule has 12 heteroatoms. The Morgan fingerprint density at radius 3 is 2.61 bits per heavy atom. The van der Waals surface area contributed by atoms with Crippen molar-refractivity contribution in [3.63, 3.8) is 0 Å². The van der Waals surface area contributed by atoms with Crippen LogP contribution in [0.15, 0.2) is 82.0 Å². The molecule has 9 nitrogen and oxygen atoms in total. The van der Waals surface area contributed by atoms with E-state index in [0.29, 0.717) is 33.2 Å². The number of hydrogen-bond acceptors (Lipinski definition) is 7. The number of aromatic nitrogens is 3. The van der Waals surface area contributed by atoms with Crippen LogP contribution in [0.1, 0.15) is 34.5 Å². The first-order valence-electron chi connectivity index (χ1n) is 12.5. The molecule has 41 heavy (non-hydrogen) atoms. The third kappa shape index (κ3) is 6.26. The lowest BCUT2D eigenvalue weighted by Crippen LogP contribution is -2.27. The molecule has 1 N–H and O–H groups in total. The molecule has 0 fully saturated rings. The number of halogens is 3. The molecular weight excluding hydrogens is 543 g/mol. The van der Waals surface area contributed by atoms with Crippen molar-refractivity contribution < 1.29 is 37.0 Å². The van der Waals surface area contributed by atoms with Gasteiger partial charge in [-0.2, -0.15) is 13.2 Å². The van der Waals surface area contributed by atoms with Gasteiger partial charge in [0.15, 0.2) is 11.5 Å². The molecule has 0 saturated carbocycles. The van der Waals surface area contributed by atoms with E-state index in [4.69, 9.17) is 9.15 Å². The maximum absolute atomic E-state index is 13.0. The number of aryl methyl sites for hydroxylation is 1. The minimum absolute atomic E-state index is 0.0399. The Bertz CT molecular complexity index is 1810. The van der Waals surface area contributed by atoms with Gasteiger partial charge in [-0.05, 0) is 60.5 Å². The Labute approximate surface area is 229 Å². The highest BCUT2D eigenvalue weighted by Crippen LogP contribution is 2.30. The number of hydrogen-bond donors (Lipinski definition) is 1. The first-order valence-corrected chi connectivity index (χ1v) is 12.5. The van der Waals surface area contributed by atoms with Gasteiger partial charge in [0.1, 0.15) is 23.5 Å². The fourth-order valence-electron chi connectivity index (χ4n) is 4.34. The minimum Gasteiger partial charge on any atom is -0.489 e. The number of carbonyl (C=O) groups is 2. The number of rotatable bonds is 10. The zero-order valence-electron chi connectivity index (χ0n) is 21.3. The molecule has 210 valence electrons. The van der Waals surface area contributed by atoms with Crippen LogP contribution < -0.4 is 10.3 Å². The van der Waals surface area contributed by atoms with Gasteiger partial charge in [0, 0.05) is 18.4 Å². The van der Waals surface area contributed by atoms with Crippen LogP contribution >= 0.6 is 0 Å². The number of nitrogens with zero attached hydrogens (tertiary/aromatic N) is 3. The molecule has 0 aliphatic rings. The summed E-state index contributed by atoms with van der Waals surface area (Å²) in [5.74, 6) is -2.57. The number of carboxylic acid groups (broad SMARTS) is 1. The van der Waals surface area contributed by atoms with Crippen molar-refractivity contribution in [1.82, 2.24) is 15.0 Å². The average molecular weight is 566 g/mol. The van der Waals surface area contributed by atoms with Crippen molar-refractivity contribution in [2.75, 3.05) is 0 Å². The van der Waals surface area contributed by atoms with Crippen LogP contribution in [0.4, 0.5) is 13.2 Å². The summed E-state index contributed by atoms with van der Waals surface area (Å²) in [5.41, 5.74) is -0.0736. The van der Waals surface area contributed by atoms with E-state index in [9.17, 15) is 32.7 Å². The second-order valence-corrected chi connectivity index (χ2v) is 9.38. The number of benzene rings is 3. The topological polar surface area (TPSA) is 125 Å². The SMILES string of the molecule is O=C(CC(CCn1nnc2ccccc2c1=O)C(=O)O)c1cc2cc(OCc3cccc(C(F)(F)F)c3)ccc2o1. The van der Waals surface area contributed by atoms with Gasteiger partial charge in [0.2, 0.25) is 0 Å². The quantitative estimate of drug-likeness (QED) is 0.220. The van der Waals surface area contributed by atoms with Gasteiger partial charge in [0.25, 0.3) is 5.56 Å². The number of Topliss-reactive ketones (excluding diaryl/α,β-unsaturated/α-hetero) is 1. The highest BCUT2D eigenvalue weighted by atomic mass is 19.4. The molecule has 0 amide bonds. The summed E-state index contributed by atoms with van der Waals surface area (Å²) in [6, 6.07) is 17.6. The Balaban J connectivity index is 1.24. The predicted octanol–water partition coefficient (Wildman–Crippen LogP) is 5.50. The number of alkyl halides is 3. The van der Waals surface area contributed by atoms with Crippen LogP contribution in [0.5, 0.6) is 5.75 Å². The van der Waals surface area contributed by atoms with Crippen molar-refractivity contribution in [2.24, 2.45) is 5.92 Å². The monoisotopic (exact) mass is 565 g/mol. The van der Waals surface area contributed by atoms with Crippen molar-refractivity contribution >= 4 is 33.6 Å². The summed E-state index contributed by atoms with van der Waals surface area (Å²) in [6.45, 7) is -0.155. The highest BCUT2D eigenvalue weighted by Gasteiger charge is 2.30. The number of carboxylic acids is 1. The summed E-state index contributed by atoms with van der Waals surface area (Å²) >= 11 is 0. The van der Waals surface area contributed by atoms with Crippen molar-refractivity contribution in [2.45, 2.75) is 32.2 Å². The first-order chi connectivity index (χ1) is 19.6. The minimum atomic E-state index is -4.46. The molecule has 1 unspecified atom stereocenters. The van der Waals surface area contributed by atoms with E-state index in [0.717, 1.165) is 16.8 Å². The van der Waals surface area contributed by atoms with Crippen molar-refractivity contribution in [3.05, 3.63) is 100 Å². The van der Waals surface area contributed by atoms with E-state index >= 15 is 0 Å². The molecular formula is C29H22F3N3O6. The van der Waals surface area contributed by atoms with E-state index < -0.39 is 35.0 Å². The van der Waals surface area contributed by atoms with Gasteiger partial charge in [-0.25, -0.2) is 4.68 Å². The maximum atomic E-state index is 13.0. The lowest BCUT2D eigenvalue weighted by molar-refractivity contribution is -0.142. The Hall–Kier alpha value is -5.00. The van der Waals surface area contributed by atoms with Crippen molar-refractivity contribution in [3.8, 4) is 5.75 Å². The molecule has 0 saturated heterocycles. The highest BCUT2D eigenvalue weighted by molar-refractivity contribution is 5.99. The Morgan fingerprint density at radius 1 is 1.02 bits per heavy atom. The van der Waals surface area contributed by atoms with E-state index in [2.05, 4.69) is 10.3 Å². The Kier molecular flexibility index (Phi) is 7.56. The largest absolute Gasteiger partial charge is 0.489 e. The third-order valence-electron chi connectivity index (χ3n) is 6.52. The van der Waals surface area contributed by atoms with Crippen LogP contribution in [-0.2, 0) is 24.1 Å². The zero-order chi connectivity index (χ0) is 29.1. The van der Waals surface area contributed by atoms with E-state index in [1.54, 1.807) is 42.5 Å². The molecule has 5 rings (SSSR count). The summed E-state index contributed by atoms with van der Waals surface area (Å²) < 4.78 is 51.2. The summed E-state index contributed by atoms with van der Waals surface area (Å²) in [7, 11) is 0. The summed E-state index contributed by atoms with van der Waals surface area (Å²) in [6.07, 6.45) is -4.87. The van der Waals surface area contributed by atoms with Crippen LogP contribution in [0, 0.1) is 5.92 Å². The number of ketones is 1. The fourth-order valence-corrected chi connectivity index (χ4v) is 4.34. The maximum Gasteiger partial charge on any atom is 0.416 e. The second-order valence-electron chi connectivity index (χ2n) is 9.38. The molecule has 0 bridgehead atoms. The van der Waals surface area contributed by atoms with Crippen molar-refractivity contribution in [1.29, 1.82) is 0 Å². The van der Waals surface area contributed by atoms with Gasteiger partial charge in [-0.15, -0.1) is 5.10 Å². The first kappa shape index (κ1) is 27.6. The molecule has 0 aliphatic carbocycles. The van der Waals surface area contributed by atoms with Crippen LogP contribution in [0.2, 0.25) is 0 Å². The number of ether oxygens (including phenoxy) is 1. The molecule has 2 heterocycles. The second kappa shape index (κ2) is 11.2. The number of furan rings is 1.